The van der Waals surface area contributed by atoms with Gasteiger partial charge in [-0.25, -0.2) is 0 Å². The SMILES string of the molecule is Cc1ccc(CN(C)C(C)CN)c(-c2cnn(C)c2)c1. The van der Waals surface area contributed by atoms with Crippen LogP contribution in [0.15, 0.2) is 30.6 Å². The van der Waals surface area contributed by atoms with E-state index in [9.17, 15) is 0 Å². The Bertz CT molecular complexity index is 574. The van der Waals surface area contributed by atoms with Gasteiger partial charge in [0.2, 0.25) is 0 Å². The van der Waals surface area contributed by atoms with Crippen molar-refractivity contribution in [2.24, 2.45) is 12.8 Å². The van der Waals surface area contributed by atoms with Gasteiger partial charge in [0.1, 0.15) is 0 Å². The lowest BCUT2D eigenvalue weighted by molar-refractivity contribution is 0.255. The van der Waals surface area contributed by atoms with E-state index in [2.05, 4.69) is 55.3 Å². The van der Waals surface area contributed by atoms with Crippen molar-refractivity contribution in [2.75, 3.05) is 13.6 Å². The van der Waals surface area contributed by atoms with Crippen LogP contribution in [0.3, 0.4) is 0 Å². The molecule has 0 saturated carbocycles. The van der Waals surface area contributed by atoms with Crippen molar-refractivity contribution in [3.63, 3.8) is 0 Å². The van der Waals surface area contributed by atoms with E-state index in [4.69, 9.17) is 5.73 Å². The van der Waals surface area contributed by atoms with Gasteiger partial charge in [0.25, 0.3) is 0 Å². The molecule has 0 saturated heterocycles. The summed E-state index contributed by atoms with van der Waals surface area (Å²) in [6.45, 7) is 5.83. The Morgan fingerprint density at radius 3 is 2.75 bits per heavy atom. The molecule has 0 radical (unpaired) electrons. The molecule has 1 heterocycles. The van der Waals surface area contributed by atoms with E-state index in [0.717, 1.165) is 6.54 Å². The minimum Gasteiger partial charge on any atom is -0.329 e. The van der Waals surface area contributed by atoms with Gasteiger partial charge < -0.3 is 5.73 Å². The molecule has 0 fully saturated rings. The Labute approximate surface area is 121 Å². The lowest BCUT2D eigenvalue weighted by Crippen LogP contribution is -2.34. The van der Waals surface area contributed by atoms with Crippen LogP contribution >= 0.6 is 0 Å². The summed E-state index contributed by atoms with van der Waals surface area (Å²) in [4.78, 5) is 2.28. The van der Waals surface area contributed by atoms with Crippen molar-refractivity contribution in [3.8, 4) is 11.1 Å². The van der Waals surface area contributed by atoms with Crippen LogP contribution in [0.1, 0.15) is 18.1 Å². The highest BCUT2D eigenvalue weighted by molar-refractivity contribution is 5.66. The Morgan fingerprint density at radius 2 is 2.15 bits per heavy atom. The molecule has 1 aromatic carbocycles. The van der Waals surface area contributed by atoms with Crippen LogP contribution < -0.4 is 5.73 Å². The standard InChI is InChI=1S/C16H24N4/c1-12-5-6-14(10-19(3)13(2)8-17)16(7-12)15-9-18-20(4)11-15/h5-7,9,11,13H,8,10,17H2,1-4H3. The van der Waals surface area contributed by atoms with Crippen molar-refractivity contribution in [1.29, 1.82) is 0 Å². The average Bonchev–Trinajstić information content (AvgIpc) is 2.86. The van der Waals surface area contributed by atoms with E-state index < -0.39 is 0 Å². The van der Waals surface area contributed by atoms with Crippen molar-refractivity contribution in [2.45, 2.75) is 26.4 Å². The largest absolute Gasteiger partial charge is 0.329 e. The first kappa shape index (κ1) is 14.8. The highest BCUT2D eigenvalue weighted by Gasteiger charge is 2.12. The zero-order chi connectivity index (χ0) is 14.7. The quantitative estimate of drug-likeness (QED) is 0.907. The van der Waals surface area contributed by atoms with Crippen molar-refractivity contribution in [3.05, 3.63) is 41.7 Å². The fourth-order valence-corrected chi connectivity index (χ4v) is 2.26. The van der Waals surface area contributed by atoms with Gasteiger partial charge in [-0.1, -0.05) is 23.8 Å². The molecule has 0 amide bonds. The summed E-state index contributed by atoms with van der Waals surface area (Å²) in [5.41, 5.74) is 10.8. The van der Waals surface area contributed by atoms with Crippen LogP contribution in [-0.2, 0) is 13.6 Å². The highest BCUT2D eigenvalue weighted by Crippen LogP contribution is 2.25. The monoisotopic (exact) mass is 272 g/mol. The van der Waals surface area contributed by atoms with Gasteiger partial charge in [0.05, 0.1) is 6.20 Å². The Hall–Kier alpha value is -1.65. The third kappa shape index (κ3) is 3.26. The van der Waals surface area contributed by atoms with E-state index in [-0.39, 0.29) is 0 Å². The summed E-state index contributed by atoms with van der Waals surface area (Å²) in [6.07, 6.45) is 3.98. The van der Waals surface area contributed by atoms with Crippen molar-refractivity contribution in [1.82, 2.24) is 14.7 Å². The number of nitrogens with two attached hydrogens (primary N) is 1. The zero-order valence-electron chi connectivity index (χ0n) is 12.8. The summed E-state index contributed by atoms with van der Waals surface area (Å²) < 4.78 is 1.84. The number of rotatable bonds is 5. The van der Waals surface area contributed by atoms with Gasteiger partial charge in [0, 0.05) is 37.9 Å². The number of hydrogen-bond acceptors (Lipinski definition) is 3. The van der Waals surface area contributed by atoms with E-state index in [1.54, 1.807) is 0 Å². The van der Waals surface area contributed by atoms with Gasteiger partial charge in [-0.05, 0) is 32.0 Å². The Kier molecular flexibility index (Phi) is 4.57. The second-order valence-electron chi connectivity index (χ2n) is 5.56. The van der Waals surface area contributed by atoms with E-state index >= 15 is 0 Å². The molecule has 0 aliphatic carbocycles. The number of likely N-dealkylation sites (N-methyl/N-ethyl adjacent to an activating group) is 1. The lowest BCUT2D eigenvalue weighted by Gasteiger charge is -2.24. The second kappa shape index (κ2) is 6.20. The molecule has 1 unspecified atom stereocenters. The number of hydrogen-bond donors (Lipinski definition) is 1. The highest BCUT2D eigenvalue weighted by atomic mass is 15.2. The summed E-state index contributed by atoms with van der Waals surface area (Å²) in [7, 11) is 4.06. The predicted octanol–water partition coefficient (Wildman–Crippen LogP) is 2.17. The van der Waals surface area contributed by atoms with Gasteiger partial charge in [-0.15, -0.1) is 0 Å². The molecule has 1 aromatic heterocycles. The molecule has 2 rings (SSSR count). The predicted molar refractivity (Wildman–Crippen MR) is 83.4 cm³/mol. The van der Waals surface area contributed by atoms with Gasteiger partial charge in [-0.3, -0.25) is 9.58 Å². The molecule has 0 bridgehead atoms. The molecule has 4 nitrogen and oxygen atoms in total. The molecule has 108 valence electrons. The molecule has 2 aromatic rings. The molecule has 4 heteroatoms. The van der Waals surface area contributed by atoms with Crippen molar-refractivity contribution >= 4 is 0 Å². The van der Waals surface area contributed by atoms with Crippen LogP contribution in [0.4, 0.5) is 0 Å². The summed E-state index contributed by atoms with van der Waals surface area (Å²) in [5.74, 6) is 0. The summed E-state index contributed by atoms with van der Waals surface area (Å²) >= 11 is 0. The van der Waals surface area contributed by atoms with Gasteiger partial charge in [0.15, 0.2) is 0 Å². The number of nitrogens with zero attached hydrogens (tertiary/aromatic N) is 3. The maximum absolute atomic E-state index is 5.75. The first-order chi connectivity index (χ1) is 9.51. The molecule has 0 aliphatic heterocycles. The molecule has 2 N–H and O–H groups in total. The van der Waals surface area contributed by atoms with Crippen LogP contribution in [0.5, 0.6) is 0 Å². The van der Waals surface area contributed by atoms with Gasteiger partial charge in [-0.2, -0.15) is 5.10 Å². The summed E-state index contributed by atoms with van der Waals surface area (Å²) in [6, 6.07) is 6.97. The molecule has 0 spiro atoms. The molecule has 0 aliphatic rings. The average molecular weight is 272 g/mol. The summed E-state index contributed by atoms with van der Waals surface area (Å²) in [5, 5.41) is 4.28. The molecular formula is C16H24N4. The maximum atomic E-state index is 5.75. The molecule has 20 heavy (non-hydrogen) atoms. The van der Waals surface area contributed by atoms with E-state index in [1.165, 1.54) is 22.3 Å². The number of aryl methyl sites for hydroxylation is 2. The fraction of sp³-hybridized carbons (Fsp3) is 0.438. The van der Waals surface area contributed by atoms with Crippen molar-refractivity contribution < 1.29 is 0 Å². The third-order valence-electron chi connectivity index (χ3n) is 3.79. The topological polar surface area (TPSA) is 47.1 Å². The zero-order valence-corrected chi connectivity index (χ0v) is 12.8. The fourth-order valence-electron chi connectivity index (χ4n) is 2.26. The van der Waals surface area contributed by atoms with E-state index in [1.807, 2.05) is 17.9 Å². The first-order valence-corrected chi connectivity index (χ1v) is 7.00. The maximum Gasteiger partial charge on any atom is 0.0568 e. The van der Waals surface area contributed by atoms with E-state index in [0.29, 0.717) is 12.6 Å². The number of benzene rings is 1. The third-order valence-corrected chi connectivity index (χ3v) is 3.79. The van der Waals surface area contributed by atoms with Crippen LogP contribution in [-0.4, -0.2) is 34.3 Å². The lowest BCUT2D eigenvalue weighted by atomic mass is 9.99. The number of aromatic nitrogens is 2. The molecular weight excluding hydrogens is 248 g/mol. The van der Waals surface area contributed by atoms with Crippen LogP contribution in [0.25, 0.3) is 11.1 Å². The normalized spacial score (nSPS) is 12.9. The van der Waals surface area contributed by atoms with Crippen LogP contribution in [0, 0.1) is 6.92 Å². The second-order valence-corrected chi connectivity index (χ2v) is 5.56. The smallest absolute Gasteiger partial charge is 0.0568 e. The minimum absolute atomic E-state index is 0.373. The molecule has 1 atom stereocenters. The first-order valence-electron chi connectivity index (χ1n) is 7.00. The van der Waals surface area contributed by atoms with Gasteiger partial charge >= 0.3 is 0 Å². The van der Waals surface area contributed by atoms with Crippen LogP contribution in [0.2, 0.25) is 0 Å². The Balaban J connectivity index is 2.33. The minimum atomic E-state index is 0.373. The Morgan fingerprint density at radius 1 is 1.40 bits per heavy atom.